The maximum Gasteiger partial charge on any atom is 0.226 e. The van der Waals surface area contributed by atoms with Gasteiger partial charge in [0.25, 0.3) is 0 Å². The summed E-state index contributed by atoms with van der Waals surface area (Å²) in [5.41, 5.74) is 5.14. The molecule has 1 fully saturated rings. The van der Waals surface area contributed by atoms with E-state index in [4.69, 9.17) is 14.7 Å². The molecule has 0 radical (unpaired) electrons. The summed E-state index contributed by atoms with van der Waals surface area (Å²) < 4.78 is 5.64. The van der Waals surface area contributed by atoms with Gasteiger partial charge in [0.15, 0.2) is 0 Å². The number of hydrogen-bond acceptors (Lipinski definition) is 7. The highest BCUT2D eigenvalue weighted by Gasteiger charge is 2.19. The Balaban J connectivity index is 1.33. The number of benzene rings is 1. The number of rotatable bonds is 8. The van der Waals surface area contributed by atoms with Crippen LogP contribution in [-0.4, -0.2) is 47.2 Å². The molecular weight excluding hydrogens is 406 g/mol. The van der Waals surface area contributed by atoms with Gasteiger partial charge in [-0.2, -0.15) is 0 Å². The highest BCUT2D eigenvalue weighted by atomic mass is 32.1. The molecule has 0 amide bonds. The van der Waals surface area contributed by atoms with Gasteiger partial charge in [-0.25, -0.2) is 15.0 Å². The van der Waals surface area contributed by atoms with E-state index in [1.54, 1.807) is 11.3 Å². The smallest absolute Gasteiger partial charge is 0.226 e. The number of nitrogens with one attached hydrogen (secondary N) is 1. The molecule has 0 aliphatic carbocycles. The van der Waals surface area contributed by atoms with Crippen molar-refractivity contribution in [3.05, 3.63) is 40.0 Å². The molecule has 0 saturated carbocycles. The van der Waals surface area contributed by atoms with Crippen molar-refractivity contribution < 1.29 is 4.74 Å². The van der Waals surface area contributed by atoms with E-state index in [9.17, 15) is 0 Å². The first kappa shape index (κ1) is 22.0. The molecule has 6 nitrogen and oxygen atoms in total. The van der Waals surface area contributed by atoms with Gasteiger partial charge < -0.3 is 15.0 Å². The number of aromatic nitrogens is 3. The zero-order valence-electron chi connectivity index (χ0n) is 18.9. The van der Waals surface area contributed by atoms with E-state index < -0.39 is 0 Å². The zero-order valence-corrected chi connectivity index (χ0v) is 19.7. The normalized spacial score (nSPS) is 17.1. The van der Waals surface area contributed by atoms with Gasteiger partial charge in [0.05, 0.1) is 29.0 Å². The number of ether oxygens (including phenoxy) is 1. The van der Waals surface area contributed by atoms with Crippen LogP contribution in [0.15, 0.2) is 23.7 Å². The Hall–Kier alpha value is -2.25. The van der Waals surface area contributed by atoms with Crippen LogP contribution >= 0.6 is 11.3 Å². The Morgan fingerprint density at radius 2 is 2.06 bits per heavy atom. The van der Waals surface area contributed by atoms with E-state index in [0.717, 1.165) is 67.2 Å². The minimum Gasteiger partial charge on any atom is -0.494 e. The van der Waals surface area contributed by atoms with E-state index in [2.05, 4.69) is 29.0 Å². The molecule has 3 heterocycles. The standard InChI is InChI=1S/C24H33N5OS/c1-4-30-20-9-10-22-21(15-20)17(2)27-24(28-22)29-13-6-7-19(11-14-29)25-12-5-8-23-18(3)26-16-31-23/h9-10,15-16,19,25H,4-8,11-14H2,1-3H3. The van der Waals surface area contributed by atoms with Crippen LogP contribution in [0, 0.1) is 13.8 Å². The fourth-order valence-electron chi connectivity index (χ4n) is 4.27. The second-order valence-electron chi connectivity index (χ2n) is 8.25. The van der Waals surface area contributed by atoms with E-state index in [1.807, 2.05) is 30.6 Å². The fraction of sp³-hybridized carbons (Fsp3) is 0.542. The van der Waals surface area contributed by atoms with E-state index >= 15 is 0 Å². The quantitative estimate of drug-likeness (QED) is 0.514. The Kier molecular flexibility index (Phi) is 7.35. The summed E-state index contributed by atoms with van der Waals surface area (Å²) in [7, 11) is 0. The van der Waals surface area contributed by atoms with Crippen molar-refractivity contribution in [2.75, 3.05) is 31.1 Å². The lowest BCUT2D eigenvalue weighted by Gasteiger charge is -2.22. The number of thiazole rings is 1. The average Bonchev–Trinajstić information content (AvgIpc) is 3.03. The second kappa shape index (κ2) is 10.4. The minimum absolute atomic E-state index is 0.572. The van der Waals surface area contributed by atoms with Crippen molar-refractivity contribution in [3.8, 4) is 5.75 Å². The highest BCUT2D eigenvalue weighted by molar-refractivity contribution is 7.09. The number of nitrogens with zero attached hydrogens (tertiary/aromatic N) is 4. The van der Waals surface area contributed by atoms with E-state index in [1.165, 1.54) is 23.4 Å². The molecular formula is C24H33N5OS. The first-order valence-corrected chi connectivity index (χ1v) is 12.3. The lowest BCUT2D eigenvalue weighted by Crippen LogP contribution is -2.32. The van der Waals surface area contributed by atoms with Crippen molar-refractivity contribution in [1.29, 1.82) is 0 Å². The molecule has 2 aromatic heterocycles. The van der Waals surface area contributed by atoms with Crippen molar-refractivity contribution in [1.82, 2.24) is 20.3 Å². The monoisotopic (exact) mass is 439 g/mol. The number of fused-ring (bicyclic) bond motifs is 1. The molecule has 0 bridgehead atoms. The maximum atomic E-state index is 5.64. The Morgan fingerprint density at radius 1 is 1.16 bits per heavy atom. The lowest BCUT2D eigenvalue weighted by molar-refractivity contribution is 0.340. The van der Waals surface area contributed by atoms with Crippen molar-refractivity contribution >= 4 is 28.2 Å². The topological polar surface area (TPSA) is 63.2 Å². The number of aryl methyl sites for hydroxylation is 3. The maximum absolute atomic E-state index is 5.64. The van der Waals surface area contributed by atoms with Crippen molar-refractivity contribution in [2.24, 2.45) is 0 Å². The lowest BCUT2D eigenvalue weighted by atomic mass is 10.1. The Morgan fingerprint density at radius 3 is 2.87 bits per heavy atom. The minimum atomic E-state index is 0.572. The molecule has 1 aromatic carbocycles. The summed E-state index contributed by atoms with van der Waals surface area (Å²) in [5, 5.41) is 4.85. The molecule has 3 aromatic rings. The molecule has 31 heavy (non-hydrogen) atoms. The van der Waals surface area contributed by atoms with Gasteiger partial charge in [-0.05, 0) is 77.6 Å². The number of anilines is 1. The summed E-state index contributed by atoms with van der Waals surface area (Å²) in [4.78, 5) is 17.8. The van der Waals surface area contributed by atoms with Gasteiger partial charge in [0.1, 0.15) is 5.75 Å². The van der Waals surface area contributed by atoms with Gasteiger partial charge in [0.2, 0.25) is 5.95 Å². The fourth-order valence-corrected chi connectivity index (χ4v) is 5.09. The van der Waals surface area contributed by atoms with Crippen LogP contribution in [0.25, 0.3) is 10.9 Å². The SMILES string of the molecule is CCOc1ccc2nc(N3CCCC(NCCCc4scnc4C)CC3)nc(C)c2c1. The summed E-state index contributed by atoms with van der Waals surface area (Å²) in [6.07, 6.45) is 5.79. The van der Waals surface area contributed by atoms with Gasteiger partial charge in [0, 0.05) is 29.4 Å². The van der Waals surface area contributed by atoms with Gasteiger partial charge in [-0.15, -0.1) is 11.3 Å². The molecule has 1 saturated heterocycles. The van der Waals surface area contributed by atoms with Gasteiger partial charge in [-0.1, -0.05) is 0 Å². The van der Waals surface area contributed by atoms with Crippen LogP contribution in [0.5, 0.6) is 5.75 Å². The van der Waals surface area contributed by atoms with Crippen LogP contribution in [0.2, 0.25) is 0 Å². The van der Waals surface area contributed by atoms with Crippen molar-refractivity contribution in [2.45, 2.75) is 58.9 Å². The van der Waals surface area contributed by atoms with Gasteiger partial charge in [-0.3, -0.25) is 0 Å². The zero-order chi connectivity index (χ0) is 21.6. The third kappa shape index (κ3) is 5.52. The third-order valence-electron chi connectivity index (χ3n) is 6.03. The molecule has 0 spiro atoms. The van der Waals surface area contributed by atoms with E-state index in [-0.39, 0.29) is 0 Å². The first-order chi connectivity index (χ1) is 15.1. The number of hydrogen-bond donors (Lipinski definition) is 1. The molecule has 1 aliphatic heterocycles. The molecule has 7 heteroatoms. The third-order valence-corrected chi connectivity index (χ3v) is 7.02. The summed E-state index contributed by atoms with van der Waals surface area (Å²) in [5.74, 6) is 1.74. The molecule has 1 atom stereocenters. The van der Waals surface area contributed by atoms with Gasteiger partial charge >= 0.3 is 0 Å². The van der Waals surface area contributed by atoms with Crippen LogP contribution < -0.4 is 15.0 Å². The summed E-state index contributed by atoms with van der Waals surface area (Å²) in [6, 6.07) is 6.67. The second-order valence-corrected chi connectivity index (χ2v) is 9.19. The largest absolute Gasteiger partial charge is 0.494 e. The highest BCUT2D eigenvalue weighted by Crippen LogP contribution is 2.25. The van der Waals surface area contributed by atoms with Crippen LogP contribution in [0.4, 0.5) is 5.95 Å². The predicted molar refractivity (Wildman–Crippen MR) is 128 cm³/mol. The Labute approximate surface area is 189 Å². The first-order valence-electron chi connectivity index (χ1n) is 11.4. The molecule has 1 N–H and O–H groups in total. The van der Waals surface area contributed by atoms with Crippen molar-refractivity contribution in [3.63, 3.8) is 0 Å². The summed E-state index contributed by atoms with van der Waals surface area (Å²) >= 11 is 1.78. The van der Waals surface area contributed by atoms with E-state index in [0.29, 0.717) is 12.6 Å². The molecule has 166 valence electrons. The van der Waals surface area contributed by atoms with Crippen LogP contribution in [-0.2, 0) is 6.42 Å². The predicted octanol–water partition coefficient (Wildman–Crippen LogP) is 4.68. The average molecular weight is 440 g/mol. The summed E-state index contributed by atoms with van der Waals surface area (Å²) in [6.45, 7) is 9.91. The van der Waals surface area contributed by atoms with Crippen LogP contribution in [0.1, 0.15) is 48.9 Å². The Bertz CT molecular complexity index is 1000. The van der Waals surface area contributed by atoms with Crippen LogP contribution in [0.3, 0.4) is 0 Å². The molecule has 1 aliphatic rings. The molecule has 1 unspecified atom stereocenters. The molecule has 4 rings (SSSR count).